The number of nitrogens with one attached hydrogen (secondary N) is 2. The van der Waals surface area contributed by atoms with E-state index < -0.39 is 0 Å². The fourth-order valence-electron chi connectivity index (χ4n) is 3.17. The number of hydrogen-bond donors (Lipinski definition) is 2. The molecule has 0 fully saturated rings. The fraction of sp³-hybridized carbons (Fsp3) is 0.273. The van der Waals surface area contributed by atoms with Crippen LogP contribution in [0.3, 0.4) is 0 Å². The Balaban J connectivity index is 2.20. The van der Waals surface area contributed by atoms with Gasteiger partial charge in [0.15, 0.2) is 0 Å². The van der Waals surface area contributed by atoms with Crippen LogP contribution in [0.5, 0.6) is 5.75 Å². The lowest BCUT2D eigenvalue weighted by Gasteiger charge is -2.14. The maximum atomic E-state index is 12.7. The zero-order valence-corrected chi connectivity index (χ0v) is 16.4. The third kappa shape index (κ3) is 3.71. The van der Waals surface area contributed by atoms with E-state index in [4.69, 9.17) is 4.74 Å². The van der Waals surface area contributed by atoms with E-state index in [1.54, 1.807) is 30.0 Å². The van der Waals surface area contributed by atoms with Gasteiger partial charge in [0.05, 0.1) is 7.11 Å². The van der Waals surface area contributed by atoms with Crippen LogP contribution in [-0.4, -0.2) is 29.1 Å². The van der Waals surface area contributed by atoms with Crippen LogP contribution in [0, 0.1) is 0 Å². The zero-order chi connectivity index (χ0) is 20.1. The van der Waals surface area contributed by atoms with Crippen molar-refractivity contribution in [1.29, 1.82) is 0 Å². The SMILES string of the molecule is CC=CCn1cc(-c2cc(C(=O)NCCC)ccc2OC)c2cc[nH]c2c1=O. The van der Waals surface area contributed by atoms with E-state index in [0.29, 0.717) is 29.9 Å². The highest BCUT2D eigenvalue weighted by atomic mass is 16.5. The topological polar surface area (TPSA) is 76.1 Å². The van der Waals surface area contributed by atoms with Crippen LogP contribution in [0.25, 0.3) is 22.0 Å². The summed E-state index contributed by atoms with van der Waals surface area (Å²) in [7, 11) is 1.60. The summed E-state index contributed by atoms with van der Waals surface area (Å²) in [6.45, 7) is 5.02. The van der Waals surface area contributed by atoms with Gasteiger partial charge in [-0.1, -0.05) is 19.1 Å². The lowest BCUT2D eigenvalue weighted by atomic mass is 10.00. The van der Waals surface area contributed by atoms with E-state index in [1.165, 1.54) is 0 Å². The third-order valence-electron chi connectivity index (χ3n) is 4.62. The molecule has 0 unspecified atom stereocenters. The molecular formula is C22H25N3O3. The second kappa shape index (κ2) is 8.61. The molecule has 0 atom stereocenters. The Morgan fingerprint density at radius 2 is 2.11 bits per heavy atom. The summed E-state index contributed by atoms with van der Waals surface area (Å²) in [6.07, 6.45) is 8.27. The van der Waals surface area contributed by atoms with Gasteiger partial charge in [0.1, 0.15) is 11.3 Å². The van der Waals surface area contributed by atoms with Crippen molar-refractivity contribution in [3.63, 3.8) is 0 Å². The Bertz CT molecular complexity index is 1080. The molecule has 6 nitrogen and oxygen atoms in total. The molecule has 1 amide bonds. The number of rotatable bonds is 7. The number of H-pyrrole nitrogens is 1. The molecule has 2 aromatic heterocycles. The number of nitrogens with zero attached hydrogens (tertiary/aromatic N) is 1. The molecule has 0 bridgehead atoms. The summed E-state index contributed by atoms with van der Waals surface area (Å²) >= 11 is 0. The lowest BCUT2D eigenvalue weighted by molar-refractivity contribution is 0.0953. The van der Waals surface area contributed by atoms with Crippen LogP contribution in [0.15, 0.2) is 53.6 Å². The molecule has 146 valence electrons. The van der Waals surface area contributed by atoms with Crippen molar-refractivity contribution < 1.29 is 9.53 Å². The maximum Gasteiger partial charge on any atom is 0.275 e. The van der Waals surface area contributed by atoms with Gasteiger partial charge in [-0.3, -0.25) is 9.59 Å². The standard InChI is InChI=1S/C22H25N3O3/c1-4-6-12-25-14-18(16-9-11-23-20(16)22(25)27)17-13-15(7-8-19(17)28-3)21(26)24-10-5-2/h4,6-9,11,13-14,23H,5,10,12H2,1-3H3,(H,24,26). The van der Waals surface area contributed by atoms with E-state index in [1.807, 2.05) is 44.3 Å². The van der Waals surface area contributed by atoms with Crippen molar-refractivity contribution in [2.24, 2.45) is 0 Å². The number of carbonyl (C=O) groups is 1. The first-order chi connectivity index (χ1) is 13.6. The minimum absolute atomic E-state index is 0.0855. The van der Waals surface area contributed by atoms with Gasteiger partial charge in [0.2, 0.25) is 0 Å². The summed E-state index contributed by atoms with van der Waals surface area (Å²) in [4.78, 5) is 28.2. The van der Waals surface area contributed by atoms with Gasteiger partial charge in [0, 0.05) is 47.6 Å². The highest BCUT2D eigenvalue weighted by molar-refractivity contribution is 6.00. The van der Waals surface area contributed by atoms with Gasteiger partial charge in [0.25, 0.3) is 11.5 Å². The third-order valence-corrected chi connectivity index (χ3v) is 4.62. The van der Waals surface area contributed by atoms with Crippen LogP contribution >= 0.6 is 0 Å². The molecule has 1 aromatic carbocycles. The van der Waals surface area contributed by atoms with Gasteiger partial charge in [-0.2, -0.15) is 0 Å². The first-order valence-corrected chi connectivity index (χ1v) is 9.39. The van der Waals surface area contributed by atoms with E-state index >= 15 is 0 Å². The number of aromatic nitrogens is 2. The average Bonchev–Trinajstić information content (AvgIpc) is 3.21. The lowest BCUT2D eigenvalue weighted by Crippen LogP contribution is -2.24. The van der Waals surface area contributed by atoms with E-state index in [2.05, 4.69) is 10.3 Å². The zero-order valence-electron chi connectivity index (χ0n) is 16.4. The van der Waals surface area contributed by atoms with Crippen LogP contribution in [0.1, 0.15) is 30.6 Å². The Labute approximate surface area is 163 Å². The van der Waals surface area contributed by atoms with Crippen molar-refractivity contribution in [1.82, 2.24) is 14.9 Å². The minimum atomic E-state index is -0.127. The predicted molar refractivity (Wildman–Crippen MR) is 112 cm³/mol. The Kier molecular flexibility index (Phi) is 5.99. The quantitative estimate of drug-likeness (QED) is 0.614. The van der Waals surface area contributed by atoms with Crippen LogP contribution in [0.2, 0.25) is 0 Å². The first-order valence-electron chi connectivity index (χ1n) is 9.39. The number of allylic oxidation sites excluding steroid dienone is 2. The Hall–Kier alpha value is -3.28. The molecule has 0 aliphatic heterocycles. The fourth-order valence-corrected chi connectivity index (χ4v) is 3.17. The molecule has 2 heterocycles. The molecule has 2 N–H and O–H groups in total. The van der Waals surface area contributed by atoms with Crippen molar-refractivity contribution >= 4 is 16.8 Å². The van der Waals surface area contributed by atoms with Crippen molar-refractivity contribution in [3.05, 3.63) is 64.7 Å². The normalized spacial score (nSPS) is 11.2. The number of pyridine rings is 1. The second-order valence-corrected chi connectivity index (χ2v) is 6.51. The van der Waals surface area contributed by atoms with Gasteiger partial charge >= 0.3 is 0 Å². The largest absolute Gasteiger partial charge is 0.496 e. The molecular weight excluding hydrogens is 354 g/mol. The number of fused-ring (bicyclic) bond motifs is 1. The minimum Gasteiger partial charge on any atom is -0.496 e. The molecule has 6 heteroatoms. The van der Waals surface area contributed by atoms with Crippen molar-refractivity contribution in [2.75, 3.05) is 13.7 Å². The van der Waals surface area contributed by atoms with Crippen LogP contribution < -0.4 is 15.6 Å². The van der Waals surface area contributed by atoms with E-state index in [9.17, 15) is 9.59 Å². The maximum absolute atomic E-state index is 12.7. The van der Waals surface area contributed by atoms with E-state index in [-0.39, 0.29) is 11.5 Å². The highest BCUT2D eigenvalue weighted by Crippen LogP contribution is 2.34. The smallest absolute Gasteiger partial charge is 0.275 e. The molecule has 0 radical (unpaired) electrons. The van der Waals surface area contributed by atoms with E-state index in [0.717, 1.165) is 22.9 Å². The molecule has 3 aromatic rings. The number of amides is 1. The first kappa shape index (κ1) is 19.5. The molecule has 0 saturated carbocycles. The van der Waals surface area contributed by atoms with Crippen molar-refractivity contribution in [3.8, 4) is 16.9 Å². The number of methoxy groups -OCH3 is 1. The monoisotopic (exact) mass is 379 g/mol. The Morgan fingerprint density at radius 3 is 2.82 bits per heavy atom. The molecule has 28 heavy (non-hydrogen) atoms. The summed E-state index contributed by atoms with van der Waals surface area (Å²) < 4.78 is 7.20. The second-order valence-electron chi connectivity index (χ2n) is 6.51. The number of benzene rings is 1. The summed E-state index contributed by atoms with van der Waals surface area (Å²) in [5, 5.41) is 3.69. The average molecular weight is 379 g/mol. The summed E-state index contributed by atoms with van der Waals surface area (Å²) in [5.74, 6) is 0.518. The van der Waals surface area contributed by atoms with Gasteiger partial charge < -0.3 is 19.6 Å². The highest BCUT2D eigenvalue weighted by Gasteiger charge is 2.17. The van der Waals surface area contributed by atoms with Gasteiger partial charge in [-0.05, 0) is 37.6 Å². The predicted octanol–water partition coefficient (Wildman–Crippen LogP) is 3.72. The molecule has 0 aliphatic carbocycles. The van der Waals surface area contributed by atoms with Crippen LogP contribution in [0.4, 0.5) is 0 Å². The molecule has 0 aliphatic rings. The number of hydrogen-bond acceptors (Lipinski definition) is 3. The summed E-state index contributed by atoms with van der Waals surface area (Å²) in [6, 6.07) is 7.22. The molecule has 0 saturated heterocycles. The summed E-state index contributed by atoms with van der Waals surface area (Å²) in [5.41, 5.74) is 2.61. The van der Waals surface area contributed by atoms with Gasteiger partial charge in [-0.15, -0.1) is 0 Å². The molecule has 3 rings (SSSR count). The number of aromatic amines is 1. The Morgan fingerprint density at radius 1 is 1.29 bits per heavy atom. The number of carbonyl (C=O) groups excluding carboxylic acids is 1. The van der Waals surface area contributed by atoms with Gasteiger partial charge in [-0.25, -0.2) is 0 Å². The van der Waals surface area contributed by atoms with Crippen LogP contribution in [-0.2, 0) is 6.54 Å². The van der Waals surface area contributed by atoms with Crippen molar-refractivity contribution in [2.45, 2.75) is 26.8 Å². The molecule has 0 spiro atoms. The number of ether oxygens (including phenoxy) is 1.